The summed E-state index contributed by atoms with van der Waals surface area (Å²) in [7, 11) is 5.29. The largest absolute Gasteiger partial charge is 0.461 e. The molecule has 1 aliphatic rings. The number of esters is 2. The molecule has 2 aromatic rings. The number of hydrogen-bond acceptors (Lipinski definition) is 8. The van der Waals surface area contributed by atoms with Crippen molar-refractivity contribution < 1.29 is 19.1 Å². The smallest absolute Gasteiger partial charge is 0.365 e. The molecule has 0 unspecified atom stereocenters. The maximum Gasteiger partial charge on any atom is 0.365 e. The van der Waals surface area contributed by atoms with Crippen molar-refractivity contribution in [1.82, 2.24) is 14.5 Å². The minimum Gasteiger partial charge on any atom is -0.461 e. The van der Waals surface area contributed by atoms with Crippen LogP contribution in [0.5, 0.6) is 0 Å². The molecule has 0 saturated carbocycles. The van der Waals surface area contributed by atoms with E-state index in [9.17, 15) is 9.59 Å². The first-order valence-corrected chi connectivity index (χ1v) is 9.38. The summed E-state index contributed by atoms with van der Waals surface area (Å²) in [5.41, 5.74) is 0.501. The molecule has 146 valence electrons. The van der Waals surface area contributed by atoms with E-state index >= 15 is 0 Å². The van der Waals surface area contributed by atoms with E-state index in [2.05, 4.69) is 9.98 Å². The van der Waals surface area contributed by atoms with Gasteiger partial charge in [0.2, 0.25) is 0 Å². The van der Waals surface area contributed by atoms with Crippen LogP contribution in [0.25, 0.3) is 0 Å². The minimum absolute atomic E-state index is 0.0241. The Labute approximate surface area is 166 Å². The number of ether oxygens (including phenoxy) is 2. The number of hydrogen-bond donors (Lipinski definition) is 0. The van der Waals surface area contributed by atoms with Gasteiger partial charge in [-0.05, 0) is 19.1 Å². The van der Waals surface area contributed by atoms with Crippen LogP contribution in [-0.2, 0) is 21.3 Å². The summed E-state index contributed by atoms with van der Waals surface area (Å²) in [4.78, 5) is 35.9. The van der Waals surface area contributed by atoms with E-state index in [1.807, 2.05) is 30.3 Å². The molecule has 9 heteroatoms. The first kappa shape index (κ1) is 19.7. The molecule has 0 N–H and O–H groups in total. The monoisotopic (exact) mass is 400 g/mol. The van der Waals surface area contributed by atoms with Crippen molar-refractivity contribution in [3.8, 4) is 0 Å². The third kappa shape index (κ3) is 4.09. The van der Waals surface area contributed by atoms with Crippen molar-refractivity contribution in [2.24, 2.45) is 12.0 Å². The highest BCUT2D eigenvalue weighted by atomic mass is 32.2. The predicted octanol–water partition coefficient (Wildman–Crippen LogP) is 2.45. The molecule has 1 aromatic carbocycles. The Bertz CT molecular complexity index is 964. The molecule has 3 rings (SSSR count). The summed E-state index contributed by atoms with van der Waals surface area (Å²) in [6.45, 7) is 1.92. The number of carbonyl (C=O) groups is 2. The van der Waals surface area contributed by atoms with Crippen LogP contribution in [0, 0.1) is 0 Å². The quantitative estimate of drug-likeness (QED) is 0.544. The SMILES string of the molecule is CCOC(=O)c1nc(Sc2ccccc2)n(C)c1C1=N/C(=C\N(C)C)C(=O)O1. The van der Waals surface area contributed by atoms with E-state index in [0.29, 0.717) is 10.9 Å². The molecular formula is C19H20N4O4S. The topological polar surface area (TPSA) is 86.0 Å². The Morgan fingerprint density at radius 2 is 2.04 bits per heavy atom. The van der Waals surface area contributed by atoms with E-state index in [1.54, 1.807) is 43.7 Å². The maximum absolute atomic E-state index is 12.5. The molecule has 0 amide bonds. The number of nitrogens with zero attached hydrogens (tertiary/aromatic N) is 4. The molecule has 28 heavy (non-hydrogen) atoms. The molecule has 0 fully saturated rings. The Morgan fingerprint density at radius 3 is 2.68 bits per heavy atom. The van der Waals surface area contributed by atoms with E-state index in [4.69, 9.17) is 9.47 Å². The molecule has 0 saturated heterocycles. The van der Waals surface area contributed by atoms with Gasteiger partial charge in [-0.3, -0.25) is 0 Å². The summed E-state index contributed by atoms with van der Waals surface area (Å²) < 4.78 is 12.1. The Kier molecular flexibility index (Phi) is 5.84. The lowest BCUT2D eigenvalue weighted by molar-refractivity contribution is -0.130. The number of carbonyl (C=O) groups excluding carboxylic acids is 2. The molecule has 2 heterocycles. The van der Waals surface area contributed by atoms with Crippen LogP contribution in [0.4, 0.5) is 0 Å². The van der Waals surface area contributed by atoms with Gasteiger partial charge in [-0.25, -0.2) is 19.6 Å². The summed E-state index contributed by atoms with van der Waals surface area (Å²) >= 11 is 1.38. The average Bonchev–Trinajstić information content (AvgIpc) is 3.16. The van der Waals surface area contributed by atoms with Crippen LogP contribution >= 0.6 is 11.8 Å². The molecule has 1 aromatic heterocycles. The fourth-order valence-corrected chi connectivity index (χ4v) is 3.36. The van der Waals surface area contributed by atoms with Crippen molar-refractivity contribution in [3.63, 3.8) is 0 Å². The zero-order valence-electron chi connectivity index (χ0n) is 16.0. The normalized spacial score (nSPS) is 14.8. The van der Waals surface area contributed by atoms with E-state index in [1.165, 1.54) is 11.8 Å². The highest BCUT2D eigenvalue weighted by Gasteiger charge is 2.33. The zero-order valence-corrected chi connectivity index (χ0v) is 16.8. The van der Waals surface area contributed by atoms with Gasteiger partial charge in [0.1, 0.15) is 5.69 Å². The number of imidazole rings is 1. The molecular weight excluding hydrogens is 380 g/mol. The molecule has 0 bridgehead atoms. The third-order valence-corrected chi connectivity index (χ3v) is 4.73. The number of aliphatic imine (C=N–C) groups is 1. The van der Waals surface area contributed by atoms with Gasteiger partial charge in [-0.2, -0.15) is 0 Å². The van der Waals surface area contributed by atoms with E-state index in [0.717, 1.165) is 4.90 Å². The fraction of sp³-hybridized carbons (Fsp3) is 0.263. The van der Waals surface area contributed by atoms with Crippen molar-refractivity contribution in [2.45, 2.75) is 17.0 Å². The van der Waals surface area contributed by atoms with Crippen molar-refractivity contribution >= 4 is 29.6 Å². The maximum atomic E-state index is 12.5. The lowest BCUT2D eigenvalue weighted by atomic mass is 10.3. The Morgan fingerprint density at radius 1 is 1.32 bits per heavy atom. The van der Waals surface area contributed by atoms with Crippen molar-refractivity contribution in [2.75, 3.05) is 20.7 Å². The van der Waals surface area contributed by atoms with Gasteiger partial charge < -0.3 is 18.9 Å². The third-order valence-electron chi connectivity index (χ3n) is 3.68. The summed E-state index contributed by atoms with van der Waals surface area (Å²) in [5.74, 6) is -1.16. The van der Waals surface area contributed by atoms with Crippen LogP contribution in [0.2, 0.25) is 0 Å². The number of rotatable bonds is 6. The van der Waals surface area contributed by atoms with E-state index in [-0.39, 0.29) is 23.9 Å². The molecule has 1 aliphatic heterocycles. The van der Waals surface area contributed by atoms with Crippen molar-refractivity contribution in [3.05, 3.63) is 53.6 Å². The highest BCUT2D eigenvalue weighted by molar-refractivity contribution is 7.99. The second-order valence-electron chi connectivity index (χ2n) is 6.07. The van der Waals surface area contributed by atoms with Gasteiger partial charge >= 0.3 is 11.9 Å². The van der Waals surface area contributed by atoms with Crippen LogP contribution in [-0.4, -0.2) is 53.0 Å². The lowest BCUT2D eigenvalue weighted by Crippen LogP contribution is -2.16. The molecule has 8 nitrogen and oxygen atoms in total. The van der Waals surface area contributed by atoms with E-state index < -0.39 is 11.9 Å². The molecule has 0 radical (unpaired) electrons. The second kappa shape index (κ2) is 8.30. The van der Waals surface area contributed by atoms with Gasteiger partial charge in [0.05, 0.1) is 6.61 Å². The fourth-order valence-electron chi connectivity index (χ4n) is 2.50. The first-order valence-electron chi connectivity index (χ1n) is 8.57. The highest BCUT2D eigenvalue weighted by Crippen LogP contribution is 2.30. The van der Waals surface area contributed by atoms with Gasteiger partial charge in [0, 0.05) is 32.2 Å². The lowest BCUT2D eigenvalue weighted by Gasteiger charge is -2.06. The molecule has 0 spiro atoms. The Hall–Kier alpha value is -3.07. The molecule has 0 aliphatic carbocycles. The minimum atomic E-state index is -0.600. The number of benzene rings is 1. The van der Waals surface area contributed by atoms with Crippen LogP contribution < -0.4 is 0 Å². The first-order chi connectivity index (χ1) is 13.4. The van der Waals surface area contributed by atoms with Gasteiger partial charge in [0.25, 0.3) is 5.90 Å². The molecule has 0 atom stereocenters. The van der Waals surface area contributed by atoms with Gasteiger partial charge in [-0.15, -0.1) is 0 Å². The average molecular weight is 400 g/mol. The number of cyclic esters (lactones) is 1. The van der Waals surface area contributed by atoms with Crippen LogP contribution in [0.3, 0.4) is 0 Å². The summed E-state index contributed by atoms with van der Waals surface area (Å²) in [6, 6.07) is 9.63. The van der Waals surface area contributed by atoms with Crippen LogP contribution in [0.15, 0.2) is 57.3 Å². The summed E-state index contributed by atoms with van der Waals surface area (Å²) in [5, 5.41) is 0.549. The standard InChI is InChI=1S/C19H20N4O4S/c1-5-26-18(25)14-15(16-20-13(11-22(2)3)17(24)27-16)23(4)19(21-14)28-12-9-7-6-8-10-12/h6-11H,5H2,1-4H3/b13-11-. The van der Waals surface area contributed by atoms with Gasteiger partial charge in [-0.1, -0.05) is 30.0 Å². The van der Waals surface area contributed by atoms with Gasteiger partial charge in [0.15, 0.2) is 16.5 Å². The predicted molar refractivity (Wildman–Crippen MR) is 104 cm³/mol. The zero-order chi connectivity index (χ0) is 20.3. The van der Waals surface area contributed by atoms with Crippen molar-refractivity contribution in [1.29, 1.82) is 0 Å². The number of aromatic nitrogens is 2. The second-order valence-corrected chi connectivity index (χ2v) is 7.11. The summed E-state index contributed by atoms with van der Waals surface area (Å²) in [6.07, 6.45) is 1.55. The Balaban J connectivity index is 2.06. The van der Waals surface area contributed by atoms with Crippen LogP contribution in [0.1, 0.15) is 23.1 Å².